The van der Waals surface area contributed by atoms with Crippen LogP contribution in [0.25, 0.3) is 0 Å². The second-order valence-electron chi connectivity index (χ2n) is 5.85. The maximum absolute atomic E-state index is 12.6. The zero-order chi connectivity index (χ0) is 13.6. The third-order valence-corrected chi connectivity index (χ3v) is 4.90. The van der Waals surface area contributed by atoms with Gasteiger partial charge < -0.3 is 15.1 Å². The van der Waals surface area contributed by atoms with Crippen molar-refractivity contribution in [2.24, 2.45) is 23.7 Å². The Kier molecular flexibility index (Phi) is 3.09. The second kappa shape index (κ2) is 4.63. The Labute approximate surface area is 111 Å². The zero-order valence-corrected chi connectivity index (χ0v) is 10.7. The number of fused-ring (bicyclic) bond motifs is 2. The Morgan fingerprint density at radius 3 is 2.53 bits per heavy atom. The lowest BCUT2D eigenvalue weighted by Gasteiger charge is -2.31. The van der Waals surface area contributed by atoms with Gasteiger partial charge in [-0.15, -0.1) is 0 Å². The van der Waals surface area contributed by atoms with Crippen LogP contribution in [-0.2, 0) is 9.59 Å². The van der Waals surface area contributed by atoms with Gasteiger partial charge in [0.1, 0.15) is 0 Å². The van der Waals surface area contributed by atoms with E-state index < -0.39 is 17.8 Å². The molecule has 1 amide bonds. The van der Waals surface area contributed by atoms with Gasteiger partial charge in [0.15, 0.2) is 0 Å². The lowest BCUT2D eigenvalue weighted by molar-refractivity contribution is -0.151. The van der Waals surface area contributed by atoms with E-state index in [-0.39, 0.29) is 30.4 Å². The van der Waals surface area contributed by atoms with Crippen LogP contribution in [-0.4, -0.2) is 46.2 Å². The molecule has 2 fully saturated rings. The lowest BCUT2D eigenvalue weighted by Crippen LogP contribution is -2.46. The molecule has 3 aliphatic rings. The van der Waals surface area contributed by atoms with Crippen LogP contribution in [0.2, 0.25) is 0 Å². The van der Waals surface area contributed by atoms with Crippen molar-refractivity contribution in [3.63, 3.8) is 0 Å². The lowest BCUT2D eigenvalue weighted by atomic mass is 9.82. The summed E-state index contributed by atoms with van der Waals surface area (Å²) in [7, 11) is 0. The van der Waals surface area contributed by atoms with E-state index in [1.165, 1.54) is 0 Å². The number of allylic oxidation sites excluding steroid dienone is 2. The molecule has 1 saturated carbocycles. The molecule has 0 spiro atoms. The van der Waals surface area contributed by atoms with Crippen molar-refractivity contribution in [3.8, 4) is 0 Å². The van der Waals surface area contributed by atoms with Crippen molar-refractivity contribution in [3.05, 3.63) is 12.2 Å². The number of aliphatic carboxylic acids is 1. The Balaban J connectivity index is 1.83. The van der Waals surface area contributed by atoms with E-state index in [0.717, 1.165) is 19.3 Å². The molecule has 0 radical (unpaired) electrons. The fourth-order valence-electron chi connectivity index (χ4n) is 4.00. The number of carbonyl (C=O) groups is 2. The first-order valence-corrected chi connectivity index (χ1v) is 6.96. The second-order valence-corrected chi connectivity index (χ2v) is 5.85. The summed E-state index contributed by atoms with van der Waals surface area (Å²) in [5.41, 5.74) is 0. The number of carboxylic acids is 1. The molecule has 1 aliphatic heterocycles. The molecular formula is C14H19NO4. The van der Waals surface area contributed by atoms with E-state index in [1.807, 2.05) is 12.2 Å². The van der Waals surface area contributed by atoms with Gasteiger partial charge in [0.2, 0.25) is 5.91 Å². The Bertz CT molecular complexity index is 433. The summed E-state index contributed by atoms with van der Waals surface area (Å²) in [6, 6.07) is -0.120. The number of hydrogen-bond acceptors (Lipinski definition) is 3. The molecule has 1 heterocycles. The number of carbonyl (C=O) groups excluding carboxylic acids is 1. The Morgan fingerprint density at radius 1 is 1.21 bits per heavy atom. The van der Waals surface area contributed by atoms with Gasteiger partial charge in [0.05, 0.1) is 24.5 Å². The van der Waals surface area contributed by atoms with E-state index in [2.05, 4.69) is 0 Å². The number of carboxylic acid groups (broad SMARTS) is 1. The number of amides is 1. The highest BCUT2D eigenvalue weighted by molar-refractivity contribution is 5.87. The van der Waals surface area contributed by atoms with Crippen molar-refractivity contribution < 1.29 is 19.8 Å². The van der Waals surface area contributed by atoms with Gasteiger partial charge >= 0.3 is 5.97 Å². The minimum atomic E-state index is -0.866. The van der Waals surface area contributed by atoms with Crippen LogP contribution in [0.1, 0.15) is 19.3 Å². The van der Waals surface area contributed by atoms with Crippen molar-refractivity contribution >= 4 is 11.9 Å². The first-order chi connectivity index (χ1) is 9.13. The monoisotopic (exact) mass is 265 g/mol. The smallest absolute Gasteiger partial charge is 0.307 e. The number of aliphatic hydroxyl groups is 1. The van der Waals surface area contributed by atoms with Crippen molar-refractivity contribution in [1.82, 2.24) is 4.90 Å². The van der Waals surface area contributed by atoms with Gasteiger partial charge in [0, 0.05) is 6.54 Å². The minimum absolute atomic E-state index is 0.00614. The standard InChI is InChI=1S/C14H19NO4/c16-7-10-2-1-5-15(10)13(17)11-8-3-4-9(6-8)12(11)14(18)19/h3-4,8-12,16H,1-2,5-7H2,(H,18,19)/t8?,9?,10-,11-,12+/m0/s1. The predicted octanol–water partition coefficient (Wildman–Crippen LogP) is 0.493. The third kappa shape index (κ3) is 1.87. The van der Waals surface area contributed by atoms with Crippen molar-refractivity contribution in [2.75, 3.05) is 13.2 Å². The fraction of sp³-hybridized carbons (Fsp3) is 0.714. The van der Waals surface area contributed by atoms with E-state index >= 15 is 0 Å². The SMILES string of the molecule is O=C(O)[C@@H]1C2C=CC(C2)[C@@H]1C(=O)N1CCC[C@H]1CO. The molecule has 3 rings (SSSR count). The van der Waals surface area contributed by atoms with Gasteiger partial charge in [-0.2, -0.15) is 0 Å². The van der Waals surface area contributed by atoms with Crippen LogP contribution < -0.4 is 0 Å². The molecule has 2 unspecified atom stereocenters. The molecule has 104 valence electrons. The maximum Gasteiger partial charge on any atom is 0.307 e. The van der Waals surface area contributed by atoms with Gasteiger partial charge in [-0.1, -0.05) is 12.2 Å². The van der Waals surface area contributed by atoms with Crippen LogP contribution in [0, 0.1) is 23.7 Å². The molecule has 2 bridgehead atoms. The quantitative estimate of drug-likeness (QED) is 0.728. The largest absolute Gasteiger partial charge is 0.481 e. The Morgan fingerprint density at radius 2 is 1.89 bits per heavy atom. The van der Waals surface area contributed by atoms with Crippen LogP contribution in [0.5, 0.6) is 0 Å². The van der Waals surface area contributed by atoms with Crippen molar-refractivity contribution in [1.29, 1.82) is 0 Å². The molecule has 0 aromatic heterocycles. The highest BCUT2D eigenvalue weighted by atomic mass is 16.4. The number of hydrogen-bond donors (Lipinski definition) is 2. The van der Waals surface area contributed by atoms with Gasteiger partial charge in [0.25, 0.3) is 0 Å². The van der Waals surface area contributed by atoms with E-state index in [4.69, 9.17) is 0 Å². The van der Waals surface area contributed by atoms with E-state index in [1.54, 1.807) is 4.90 Å². The molecule has 5 heteroatoms. The molecular weight excluding hydrogens is 246 g/mol. The summed E-state index contributed by atoms with van der Waals surface area (Å²) < 4.78 is 0. The van der Waals surface area contributed by atoms with Crippen LogP contribution in [0.15, 0.2) is 12.2 Å². The third-order valence-electron chi connectivity index (χ3n) is 4.90. The van der Waals surface area contributed by atoms with Gasteiger partial charge in [-0.3, -0.25) is 9.59 Å². The highest BCUT2D eigenvalue weighted by Gasteiger charge is 2.53. The Hall–Kier alpha value is -1.36. The summed E-state index contributed by atoms with van der Waals surface area (Å²) in [4.78, 5) is 25.8. The molecule has 0 aromatic carbocycles. The predicted molar refractivity (Wildman–Crippen MR) is 67.2 cm³/mol. The average Bonchev–Trinajstić information content (AvgIpc) is 3.10. The van der Waals surface area contributed by atoms with Gasteiger partial charge in [-0.25, -0.2) is 0 Å². The topological polar surface area (TPSA) is 77.8 Å². The first-order valence-electron chi connectivity index (χ1n) is 6.96. The molecule has 2 N–H and O–H groups in total. The fourth-order valence-corrected chi connectivity index (χ4v) is 4.00. The van der Waals surface area contributed by atoms with Crippen LogP contribution in [0.4, 0.5) is 0 Å². The highest BCUT2D eigenvalue weighted by Crippen LogP contribution is 2.49. The summed E-state index contributed by atoms with van der Waals surface area (Å²) in [6.45, 7) is 0.619. The van der Waals surface area contributed by atoms with Crippen LogP contribution >= 0.6 is 0 Å². The van der Waals surface area contributed by atoms with E-state index in [0.29, 0.717) is 6.54 Å². The summed E-state index contributed by atoms with van der Waals surface area (Å²) in [5, 5.41) is 18.7. The molecule has 19 heavy (non-hydrogen) atoms. The summed E-state index contributed by atoms with van der Waals surface area (Å²) in [6.07, 6.45) is 6.43. The average molecular weight is 265 g/mol. The number of likely N-dealkylation sites (tertiary alicyclic amines) is 1. The van der Waals surface area contributed by atoms with Crippen molar-refractivity contribution in [2.45, 2.75) is 25.3 Å². The normalized spacial score (nSPS) is 40.1. The maximum atomic E-state index is 12.6. The zero-order valence-electron chi connectivity index (χ0n) is 10.7. The number of aliphatic hydroxyl groups excluding tert-OH is 1. The van der Waals surface area contributed by atoms with Crippen LogP contribution in [0.3, 0.4) is 0 Å². The molecule has 1 saturated heterocycles. The minimum Gasteiger partial charge on any atom is -0.481 e. The molecule has 5 atom stereocenters. The number of nitrogens with zero attached hydrogens (tertiary/aromatic N) is 1. The molecule has 2 aliphatic carbocycles. The first kappa shape index (κ1) is 12.7. The van der Waals surface area contributed by atoms with Gasteiger partial charge in [-0.05, 0) is 31.1 Å². The number of rotatable bonds is 3. The molecule has 0 aromatic rings. The van der Waals surface area contributed by atoms with E-state index in [9.17, 15) is 19.8 Å². The summed E-state index contributed by atoms with van der Waals surface area (Å²) >= 11 is 0. The summed E-state index contributed by atoms with van der Waals surface area (Å²) in [5.74, 6) is -1.87. The molecule has 5 nitrogen and oxygen atoms in total.